The van der Waals surface area contributed by atoms with E-state index < -0.39 is 30.9 Å². The first-order chi connectivity index (χ1) is 6.69. The lowest BCUT2D eigenvalue weighted by Gasteiger charge is -2.20. The van der Waals surface area contributed by atoms with Gasteiger partial charge >= 0.3 is 12.1 Å². The Morgan fingerprint density at radius 3 is 2.40 bits per heavy atom. The Kier molecular flexibility index (Phi) is 4.98. The van der Waals surface area contributed by atoms with Crippen LogP contribution in [0.4, 0.5) is 13.2 Å². The number of aliphatic hydroxyl groups is 1. The van der Waals surface area contributed by atoms with Crippen LogP contribution >= 0.6 is 0 Å². The standard InChI is InChI=1S/C7H12F3NO4/c1-6(13,5(12)14-2)3-11-15-4-7(8,9)10/h11,13H,3-4H2,1-2H3. The van der Waals surface area contributed by atoms with Gasteiger partial charge in [-0.2, -0.15) is 18.7 Å². The molecule has 0 saturated carbocycles. The summed E-state index contributed by atoms with van der Waals surface area (Å²) in [5.74, 6) is -0.967. The second-order valence-electron chi connectivity index (χ2n) is 2.99. The summed E-state index contributed by atoms with van der Waals surface area (Å²) in [5, 5.41) is 9.31. The van der Waals surface area contributed by atoms with E-state index in [2.05, 4.69) is 9.57 Å². The van der Waals surface area contributed by atoms with Crippen molar-refractivity contribution in [3.8, 4) is 0 Å². The first-order valence-electron chi connectivity index (χ1n) is 3.91. The van der Waals surface area contributed by atoms with Gasteiger partial charge in [-0.15, -0.1) is 0 Å². The maximum atomic E-state index is 11.6. The van der Waals surface area contributed by atoms with Gasteiger partial charge in [-0.25, -0.2) is 4.79 Å². The van der Waals surface area contributed by atoms with Gasteiger partial charge < -0.3 is 9.84 Å². The Morgan fingerprint density at radius 2 is 2.00 bits per heavy atom. The highest BCUT2D eigenvalue weighted by molar-refractivity contribution is 5.78. The van der Waals surface area contributed by atoms with Crippen molar-refractivity contribution in [1.82, 2.24) is 5.48 Å². The molecule has 0 heterocycles. The molecule has 2 N–H and O–H groups in total. The van der Waals surface area contributed by atoms with Crippen molar-refractivity contribution in [3.05, 3.63) is 0 Å². The van der Waals surface area contributed by atoms with Gasteiger partial charge in [0.05, 0.1) is 13.7 Å². The highest BCUT2D eigenvalue weighted by atomic mass is 19.4. The first kappa shape index (κ1) is 14.1. The number of hydrogen-bond donors (Lipinski definition) is 2. The molecular formula is C7H12F3NO4. The van der Waals surface area contributed by atoms with E-state index in [4.69, 9.17) is 0 Å². The fraction of sp³-hybridized carbons (Fsp3) is 0.857. The third kappa shape index (κ3) is 6.26. The summed E-state index contributed by atoms with van der Waals surface area (Å²) < 4.78 is 38.9. The number of ether oxygens (including phenoxy) is 1. The molecule has 0 rings (SSSR count). The van der Waals surface area contributed by atoms with Gasteiger partial charge in [-0.3, -0.25) is 4.84 Å². The average molecular weight is 231 g/mol. The molecule has 15 heavy (non-hydrogen) atoms. The van der Waals surface area contributed by atoms with E-state index in [1.165, 1.54) is 0 Å². The van der Waals surface area contributed by atoms with E-state index in [1.807, 2.05) is 5.48 Å². The number of halogens is 3. The van der Waals surface area contributed by atoms with Crippen LogP contribution in [0.5, 0.6) is 0 Å². The van der Waals surface area contributed by atoms with Crippen molar-refractivity contribution >= 4 is 5.97 Å². The fourth-order valence-electron chi connectivity index (χ4n) is 0.616. The number of rotatable bonds is 5. The lowest BCUT2D eigenvalue weighted by atomic mass is 10.1. The minimum Gasteiger partial charge on any atom is -0.467 e. The molecule has 1 atom stereocenters. The number of methoxy groups -OCH3 is 1. The molecule has 0 saturated heterocycles. The van der Waals surface area contributed by atoms with Crippen LogP contribution in [0.15, 0.2) is 0 Å². The predicted octanol–water partition coefficient (Wildman–Crippen LogP) is -0.00610. The number of esters is 1. The van der Waals surface area contributed by atoms with Gasteiger partial charge in [0.2, 0.25) is 0 Å². The molecule has 0 radical (unpaired) electrons. The molecule has 5 nitrogen and oxygen atoms in total. The number of hydrogen-bond acceptors (Lipinski definition) is 5. The minimum atomic E-state index is -4.47. The molecule has 8 heteroatoms. The van der Waals surface area contributed by atoms with Crippen molar-refractivity contribution in [2.24, 2.45) is 0 Å². The lowest BCUT2D eigenvalue weighted by molar-refractivity contribution is -0.195. The van der Waals surface area contributed by atoms with Gasteiger partial charge in [0.1, 0.15) is 0 Å². The fourth-order valence-corrected chi connectivity index (χ4v) is 0.616. The highest BCUT2D eigenvalue weighted by Gasteiger charge is 2.32. The van der Waals surface area contributed by atoms with Crippen molar-refractivity contribution in [2.45, 2.75) is 18.7 Å². The van der Waals surface area contributed by atoms with Crippen LogP contribution in [0.3, 0.4) is 0 Å². The molecule has 0 aliphatic heterocycles. The van der Waals surface area contributed by atoms with Crippen molar-refractivity contribution in [3.63, 3.8) is 0 Å². The SMILES string of the molecule is COC(=O)C(C)(O)CNOCC(F)(F)F. The zero-order valence-electron chi connectivity index (χ0n) is 8.22. The second-order valence-corrected chi connectivity index (χ2v) is 2.99. The summed E-state index contributed by atoms with van der Waals surface area (Å²) in [6, 6.07) is 0. The number of hydroxylamine groups is 1. The van der Waals surface area contributed by atoms with Crippen LogP contribution in [0.2, 0.25) is 0 Å². The molecule has 0 fully saturated rings. The molecule has 0 aliphatic carbocycles. The lowest BCUT2D eigenvalue weighted by Crippen LogP contribution is -2.46. The Morgan fingerprint density at radius 1 is 1.47 bits per heavy atom. The van der Waals surface area contributed by atoms with Gasteiger partial charge in [0.15, 0.2) is 12.2 Å². The van der Waals surface area contributed by atoms with Crippen LogP contribution < -0.4 is 5.48 Å². The summed E-state index contributed by atoms with van der Waals surface area (Å²) in [5.41, 5.74) is -0.104. The Bertz CT molecular complexity index is 217. The maximum absolute atomic E-state index is 11.6. The molecule has 0 aliphatic rings. The van der Waals surface area contributed by atoms with Crippen LogP contribution in [-0.4, -0.2) is 43.1 Å². The number of carbonyl (C=O) groups excluding carboxylic acids is 1. The highest BCUT2D eigenvalue weighted by Crippen LogP contribution is 2.13. The zero-order valence-corrected chi connectivity index (χ0v) is 8.22. The van der Waals surface area contributed by atoms with Crippen molar-refractivity contribution < 1.29 is 32.6 Å². The summed E-state index contributed by atoms with van der Waals surface area (Å²) in [6.07, 6.45) is -4.47. The molecule has 0 aromatic heterocycles. The number of nitrogens with one attached hydrogen (secondary N) is 1. The molecule has 90 valence electrons. The Labute approximate surface area is 84.1 Å². The van der Waals surface area contributed by atoms with Gasteiger partial charge in [0.25, 0.3) is 0 Å². The summed E-state index contributed by atoms with van der Waals surface area (Å²) in [7, 11) is 1.05. The van der Waals surface area contributed by atoms with E-state index >= 15 is 0 Å². The smallest absolute Gasteiger partial charge is 0.413 e. The van der Waals surface area contributed by atoms with E-state index in [9.17, 15) is 23.1 Å². The van der Waals surface area contributed by atoms with E-state index in [1.54, 1.807) is 0 Å². The molecule has 0 aromatic carbocycles. The summed E-state index contributed by atoms with van der Waals surface area (Å²) in [6.45, 7) is -0.928. The Balaban J connectivity index is 3.81. The molecule has 1 unspecified atom stereocenters. The van der Waals surface area contributed by atoms with Gasteiger partial charge in [0, 0.05) is 0 Å². The summed E-state index contributed by atoms with van der Waals surface area (Å²) >= 11 is 0. The maximum Gasteiger partial charge on any atom is 0.413 e. The first-order valence-corrected chi connectivity index (χ1v) is 3.91. The third-order valence-corrected chi connectivity index (χ3v) is 1.38. The topological polar surface area (TPSA) is 67.8 Å². The van der Waals surface area contributed by atoms with Crippen LogP contribution in [0.1, 0.15) is 6.92 Å². The van der Waals surface area contributed by atoms with Crippen molar-refractivity contribution in [1.29, 1.82) is 0 Å². The number of alkyl halides is 3. The zero-order chi connectivity index (χ0) is 12.1. The molecule has 0 aromatic rings. The van der Waals surface area contributed by atoms with Crippen LogP contribution in [-0.2, 0) is 14.4 Å². The Hall–Kier alpha value is -0.860. The van der Waals surface area contributed by atoms with Crippen LogP contribution in [0, 0.1) is 0 Å². The molecular weight excluding hydrogens is 219 g/mol. The third-order valence-electron chi connectivity index (χ3n) is 1.38. The van der Waals surface area contributed by atoms with Crippen LogP contribution in [0.25, 0.3) is 0 Å². The van der Waals surface area contributed by atoms with E-state index in [-0.39, 0.29) is 0 Å². The number of carbonyl (C=O) groups is 1. The van der Waals surface area contributed by atoms with Gasteiger partial charge in [-0.05, 0) is 6.92 Å². The monoisotopic (exact) mass is 231 g/mol. The predicted molar refractivity (Wildman–Crippen MR) is 42.6 cm³/mol. The average Bonchev–Trinajstić information content (AvgIpc) is 2.09. The van der Waals surface area contributed by atoms with E-state index in [0.717, 1.165) is 14.0 Å². The summed E-state index contributed by atoms with van der Waals surface area (Å²) in [4.78, 5) is 14.8. The largest absolute Gasteiger partial charge is 0.467 e. The normalized spacial score (nSPS) is 15.9. The van der Waals surface area contributed by atoms with Gasteiger partial charge in [-0.1, -0.05) is 0 Å². The molecule has 0 amide bonds. The second kappa shape index (κ2) is 5.29. The van der Waals surface area contributed by atoms with E-state index in [0.29, 0.717) is 0 Å². The quantitative estimate of drug-likeness (QED) is 0.396. The molecule has 0 bridgehead atoms. The minimum absolute atomic E-state index is 0.504. The van der Waals surface area contributed by atoms with Crippen molar-refractivity contribution in [2.75, 3.05) is 20.3 Å². The molecule has 0 spiro atoms.